The molecular formula is C39H44. The van der Waals surface area contributed by atoms with E-state index in [0.29, 0.717) is 11.8 Å². The van der Waals surface area contributed by atoms with Crippen LogP contribution in [0.15, 0.2) is 119 Å². The van der Waals surface area contributed by atoms with E-state index in [1.165, 1.54) is 72.4 Å². The van der Waals surface area contributed by atoms with Crippen LogP contribution in [0.1, 0.15) is 87.1 Å². The summed E-state index contributed by atoms with van der Waals surface area (Å²) in [6.07, 6.45) is 15.8. The second kappa shape index (κ2) is 11.4. The maximum absolute atomic E-state index is 4.78. The highest BCUT2D eigenvalue weighted by Crippen LogP contribution is 2.55. The number of allylic oxidation sites excluding steroid dienone is 12. The SMILES string of the molecule is C=C(CCC)C1=C(C)C=C2C/C(=C\C3=CC=C(c4cccc(C)c4)C3)C(=C)C2C1c1cc(CC)ccc1CC. The molecule has 3 aliphatic rings. The van der Waals surface area contributed by atoms with Gasteiger partial charge in [0.2, 0.25) is 0 Å². The average Bonchev–Trinajstić information content (AvgIpc) is 3.52. The maximum atomic E-state index is 4.78. The zero-order valence-electron chi connectivity index (χ0n) is 24.7. The zero-order valence-corrected chi connectivity index (χ0v) is 24.7. The van der Waals surface area contributed by atoms with Crippen LogP contribution in [0, 0.1) is 12.8 Å². The van der Waals surface area contributed by atoms with E-state index in [-0.39, 0.29) is 0 Å². The van der Waals surface area contributed by atoms with Crippen LogP contribution >= 0.6 is 0 Å². The molecule has 2 aromatic carbocycles. The summed E-state index contributed by atoms with van der Waals surface area (Å²) in [5.74, 6) is 0.606. The number of fused-ring (bicyclic) bond motifs is 1. The summed E-state index contributed by atoms with van der Waals surface area (Å²) in [4.78, 5) is 0. The fourth-order valence-electron chi connectivity index (χ4n) is 6.99. The third-order valence-electron chi connectivity index (χ3n) is 8.96. The van der Waals surface area contributed by atoms with Crippen molar-refractivity contribution in [1.29, 1.82) is 0 Å². The van der Waals surface area contributed by atoms with Gasteiger partial charge in [-0.15, -0.1) is 0 Å². The molecule has 0 nitrogen and oxygen atoms in total. The Morgan fingerprint density at radius 3 is 2.49 bits per heavy atom. The van der Waals surface area contributed by atoms with Gasteiger partial charge in [-0.1, -0.05) is 124 Å². The molecule has 0 spiro atoms. The second-order valence-corrected chi connectivity index (χ2v) is 11.7. The van der Waals surface area contributed by atoms with Crippen molar-refractivity contribution in [1.82, 2.24) is 0 Å². The van der Waals surface area contributed by atoms with E-state index in [4.69, 9.17) is 6.58 Å². The molecule has 2 atom stereocenters. The average molecular weight is 513 g/mol. The van der Waals surface area contributed by atoms with Crippen molar-refractivity contribution < 1.29 is 0 Å². The molecule has 0 heteroatoms. The van der Waals surface area contributed by atoms with Crippen molar-refractivity contribution in [2.75, 3.05) is 0 Å². The van der Waals surface area contributed by atoms with Gasteiger partial charge in [0.15, 0.2) is 0 Å². The summed E-state index contributed by atoms with van der Waals surface area (Å²) in [5, 5.41) is 0. The molecule has 0 N–H and O–H groups in total. The molecular weight excluding hydrogens is 468 g/mol. The van der Waals surface area contributed by atoms with Gasteiger partial charge < -0.3 is 0 Å². The quantitative estimate of drug-likeness (QED) is 0.330. The number of benzene rings is 2. The Bertz CT molecular complexity index is 1480. The number of hydrogen-bond donors (Lipinski definition) is 0. The first-order valence-electron chi connectivity index (χ1n) is 14.9. The Hall–Kier alpha value is -3.38. The topological polar surface area (TPSA) is 0 Å². The summed E-state index contributed by atoms with van der Waals surface area (Å²) in [7, 11) is 0. The van der Waals surface area contributed by atoms with Crippen LogP contribution < -0.4 is 0 Å². The van der Waals surface area contributed by atoms with Gasteiger partial charge in [-0.2, -0.15) is 0 Å². The first-order valence-corrected chi connectivity index (χ1v) is 14.9. The van der Waals surface area contributed by atoms with Gasteiger partial charge in [-0.25, -0.2) is 0 Å². The molecule has 2 unspecified atom stereocenters. The molecule has 0 amide bonds. The molecule has 3 aliphatic carbocycles. The lowest BCUT2D eigenvalue weighted by Gasteiger charge is -2.36. The van der Waals surface area contributed by atoms with Crippen LogP contribution in [-0.4, -0.2) is 0 Å². The number of rotatable bonds is 8. The summed E-state index contributed by atoms with van der Waals surface area (Å²) in [5.41, 5.74) is 18.2. The van der Waals surface area contributed by atoms with Gasteiger partial charge in [0.25, 0.3) is 0 Å². The number of aryl methyl sites for hydroxylation is 3. The van der Waals surface area contributed by atoms with E-state index in [1.807, 2.05) is 0 Å². The van der Waals surface area contributed by atoms with Crippen molar-refractivity contribution in [2.45, 2.75) is 79.1 Å². The Morgan fingerprint density at radius 1 is 0.949 bits per heavy atom. The van der Waals surface area contributed by atoms with E-state index in [0.717, 1.165) is 38.5 Å². The molecule has 39 heavy (non-hydrogen) atoms. The molecule has 0 radical (unpaired) electrons. The van der Waals surface area contributed by atoms with E-state index in [1.54, 1.807) is 0 Å². The van der Waals surface area contributed by atoms with Gasteiger partial charge in [-0.05, 0) is 102 Å². The molecule has 0 aromatic heterocycles. The van der Waals surface area contributed by atoms with Crippen LogP contribution in [0.5, 0.6) is 0 Å². The third-order valence-corrected chi connectivity index (χ3v) is 8.96. The van der Waals surface area contributed by atoms with Gasteiger partial charge in [0, 0.05) is 11.8 Å². The van der Waals surface area contributed by atoms with Gasteiger partial charge in [0.1, 0.15) is 0 Å². The Labute approximate surface area is 236 Å². The van der Waals surface area contributed by atoms with Crippen LogP contribution in [0.2, 0.25) is 0 Å². The van der Waals surface area contributed by atoms with Crippen molar-refractivity contribution in [2.24, 2.45) is 5.92 Å². The minimum Gasteiger partial charge on any atom is -0.0955 e. The molecule has 0 aliphatic heterocycles. The predicted octanol–water partition coefficient (Wildman–Crippen LogP) is 10.7. The summed E-state index contributed by atoms with van der Waals surface area (Å²) in [6, 6.07) is 16.0. The van der Waals surface area contributed by atoms with Gasteiger partial charge in [-0.3, -0.25) is 0 Å². The molecule has 200 valence electrons. The van der Waals surface area contributed by atoms with E-state index in [9.17, 15) is 0 Å². The lowest BCUT2D eigenvalue weighted by atomic mass is 9.68. The van der Waals surface area contributed by atoms with Crippen LogP contribution in [-0.2, 0) is 12.8 Å². The molecule has 0 heterocycles. The first kappa shape index (κ1) is 27.2. The van der Waals surface area contributed by atoms with Gasteiger partial charge >= 0.3 is 0 Å². The van der Waals surface area contributed by atoms with Crippen molar-refractivity contribution in [3.63, 3.8) is 0 Å². The van der Waals surface area contributed by atoms with Crippen molar-refractivity contribution in [3.05, 3.63) is 147 Å². The largest absolute Gasteiger partial charge is 0.0955 e. The minimum absolute atomic E-state index is 0.294. The fraction of sp³-hybridized carbons (Fsp3) is 0.333. The normalized spacial score (nSPS) is 21.7. The lowest BCUT2D eigenvalue weighted by molar-refractivity contribution is 0.613. The van der Waals surface area contributed by atoms with Crippen LogP contribution in [0.4, 0.5) is 0 Å². The highest BCUT2D eigenvalue weighted by atomic mass is 14.4. The summed E-state index contributed by atoms with van der Waals surface area (Å²) in [6.45, 7) is 20.7. The smallest absolute Gasteiger partial charge is 0.0203 e. The highest BCUT2D eigenvalue weighted by molar-refractivity contribution is 5.74. The second-order valence-electron chi connectivity index (χ2n) is 11.7. The minimum atomic E-state index is 0.294. The zero-order chi connectivity index (χ0) is 27.7. The van der Waals surface area contributed by atoms with E-state index >= 15 is 0 Å². The first-order chi connectivity index (χ1) is 18.8. The Morgan fingerprint density at radius 2 is 1.77 bits per heavy atom. The molecule has 2 aromatic rings. The Kier molecular flexibility index (Phi) is 7.94. The Balaban J connectivity index is 1.51. The van der Waals surface area contributed by atoms with E-state index in [2.05, 4.69) is 108 Å². The maximum Gasteiger partial charge on any atom is 0.0203 e. The van der Waals surface area contributed by atoms with Gasteiger partial charge in [0.05, 0.1) is 0 Å². The fourth-order valence-corrected chi connectivity index (χ4v) is 6.99. The molecule has 1 saturated carbocycles. The molecule has 5 rings (SSSR count). The van der Waals surface area contributed by atoms with Crippen LogP contribution in [0.3, 0.4) is 0 Å². The third kappa shape index (κ3) is 5.27. The van der Waals surface area contributed by atoms with Crippen LogP contribution in [0.25, 0.3) is 5.57 Å². The van der Waals surface area contributed by atoms with Crippen molar-refractivity contribution >= 4 is 5.57 Å². The predicted molar refractivity (Wildman–Crippen MR) is 170 cm³/mol. The number of hydrogen-bond acceptors (Lipinski definition) is 0. The highest BCUT2D eigenvalue weighted by Gasteiger charge is 2.41. The summed E-state index contributed by atoms with van der Waals surface area (Å²) >= 11 is 0. The van der Waals surface area contributed by atoms with Crippen molar-refractivity contribution in [3.8, 4) is 0 Å². The van der Waals surface area contributed by atoms with E-state index < -0.39 is 0 Å². The monoisotopic (exact) mass is 512 g/mol. The molecule has 0 saturated heterocycles. The molecule has 1 fully saturated rings. The molecule has 0 bridgehead atoms. The summed E-state index contributed by atoms with van der Waals surface area (Å²) < 4.78 is 0. The standard InChI is InChI=1S/C39H44/c1-8-12-26(5)37-27(6)20-35-24-34(22-30-16-18-33(21-30)32-14-11-13-25(4)19-32)28(7)38(35)39(37)36-23-29(9-2)15-17-31(36)10-3/h11,13-20,22-23,38-39H,5,7-10,12,21,24H2,1-4,6H3/b34-22+. The lowest BCUT2D eigenvalue weighted by Crippen LogP contribution is -2.22.